The van der Waals surface area contributed by atoms with Crippen molar-refractivity contribution in [2.45, 2.75) is 58.5 Å². The van der Waals surface area contributed by atoms with Crippen LogP contribution in [0.15, 0.2) is 11.6 Å². The molecule has 0 bridgehead atoms. The Morgan fingerprint density at radius 1 is 1.43 bits per heavy atom. The number of hydrogen-bond acceptors (Lipinski definition) is 4. The number of hydrogen-bond donors (Lipinski definition) is 1. The van der Waals surface area contributed by atoms with Gasteiger partial charge in [-0.15, -0.1) is 11.3 Å². The third kappa shape index (κ3) is 3.24. The lowest BCUT2D eigenvalue weighted by molar-refractivity contribution is 0.567. The van der Waals surface area contributed by atoms with Crippen LogP contribution < -0.4 is 10.6 Å². The molecule has 1 saturated carbocycles. The molecule has 5 heteroatoms. The van der Waals surface area contributed by atoms with Crippen LogP contribution >= 0.6 is 11.3 Å². The van der Waals surface area contributed by atoms with Crippen LogP contribution in [0.5, 0.6) is 0 Å². The lowest BCUT2D eigenvalue weighted by Crippen LogP contribution is -2.30. The van der Waals surface area contributed by atoms with Crippen LogP contribution in [0.25, 0.3) is 4.96 Å². The molecule has 21 heavy (non-hydrogen) atoms. The molecule has 3 rings (SSSR count). The second-order valence-corrected chi connectivity index (χ2v) is 7.60. The fraction of sp³-hybridized carbons (Fsp3) is 0.688. The first-order valence-corrected chi connectivity index (χ1v) is 8.91. The van der Waals surface area contributed by atoms with E-state index >= 15 is 0 Å². The summed E-state index contributed by atoms with van der Waals surface area (Å²) in [6.45, 7) is 7.77. The second-order valence-electron chi connectivity index (χ2n) is 6.73. The number of thiazole rings is 1. The van der Waals surface area contributed by atoms with Crippen LogP contribution in [-0.4, -0.2) is 28.0 Å². The Morgan fingerprint density at radius 2 is 2.19 bits per heavy atom. The van der Waals surface area contributed by atoms with E-state index in [2.05, 4.69) is 41.6 Å². The predicted molar refractivity (Wildman–Crippen MR) is 90.2 cm³/mol. The molecule has 0 spiro atoms. The minimum absolute atomic E-state index is 0.162. The number of nitrogens with two attached hydrogens (primary N) is 1. The van der Waals surface area contributed by atoms with Crippen LogP contribution in [0.4, 0.5) is 5.82 Å². The standard InChI is InChI=1S/C16H26N4S/c1-11(2)6-7-19(13-4-5-13)15-14(10-12(3)17)20-8-9-21-16(20)18-15/h8-9,11-13H,4-7,10,17H2,1-3H3. The summed E-state index contributed by atoms with van der Waals surface area (Å²) >= 11 is 1.71. The van der Waals surface area contributed by atoms with Crippen LogP contribution in [0.2, 0.25) is 0 Å². The van der Waals surface area contributed by atoms with E-state index in [1.165, 1.54) is 30.8 Å². The van der Waals surface area contributed by atoms with E-state index in [0.29, 0.717) is 6.04 Å². The molecule has 1 aliphatic rings. The highest BCUT2D eigenvalue weighted by Crippen LogP contribution is 2.35. The fourth-order valence-electron chi connectivity index (χ4n) is 2.79. The zero-order valence-electron chi connectivity index (χ0n) is 13.2. The monoisotopic (exact) mass is 306 g/mol. The van der Waals surface area contributed by atoms with Gasteiger partial charge in [0.15, 0.2) is 10.8 Å². The van der Waals surface area contributed by atoms with Gasteiger partial charge < -0.3 is 10.6 Å². The van der Waals surface area contributed by atoms with Crippen molar-refractivity contribution in [3.8, 4) is 0 Å². The Labute approximate surface area is 131 Å². The number of fused-ring (bicyclic) bond motifs is 1. The third-order valence-corrected chi connectivity index (χ3v) is 4.82. The highest BCUT2D eigenvalue weighted by molar-refractivity contribution is 7.15. The van der Waals surface area contributed by atoms with Gasteiger partial charge in [0.25, 0.3) is 0 Å². The molecule has 4 nitrogen and oxygen atoms in total. The molecule has 0 aliphatic heterocycles. The normalized spacial score (nSPS) is 16.8. The van der Waals surface area contributed by atoms with E-state index < -0.39 is 0 Å². The Hall–Kier alpha value is -1.07. The number of nitrogens with zero attached hydrogens (tertiary/aromatic N) is 3. The summed E-state index contributed by atoms with van der Waals surface area (Å²) in [5.41, 5.74) is 7.36. The lowest BCUT2D eigenvalue weighted by Gasteiger charge is -2.25. The molecule has 2 aromatic rings. The quantitative estimate of drug-likeness (QED) is 0.854. The molecule has 0 aromatic carbocycles. The smallest absolute Gasteiger partial charge is 0.195 e. The average molecular weight is 306 g/mol. The SMILES string of the molecule is CC(C)CCN(c1nc2sccn2c1CC(C)N)C1CC1. The highest BCUT2D eigenvalue weighted by Gasteiger charge is 2.32. The predicted octanol–water partition coefficient (Wildman–Crippen LogP) is 3.30. The Balaban J connectivity index is 1.93. The Morgan fingerprint density at radius 3 is 2.81 bits per heavy atom. The lowest BCUT2D eigenvalue weighted by atomic mass is 10.1. The molecule has 1 aliphatic carbocycles. The van der Waals surface area contributed by atoms with Crippen molar-refractivity contribution in [1.29, 1.82) is 0 Å². The van der Waals surface area contributed by atoms with E-state index in [1.807, 2.05) is 0 Å². The summed E-state index contributed by atoms with van der Waals surface area (Å²) < 4.78 is 2.23. The summed E-state index contributed by atoms with van der Waals surface area (Å²) in [7, 11) is 0. The largest absolute Gasteiger partial charge is 0.352 e. The molecule has 0 radical (unpaired) electrons. The van der Waals surface area contributed by atoms with Gasteiger partial charge in [0, 0.05) is 36.6 Å². The highest BCUT2D eigenvalue weighted by atomic mass is 32.1. The zero-order valence-corrected chi connectivity index (χ0v) is 14.1. The zero-order chi connectivity index (χ0) is 15.0. The number of imidazole rings is 1. The van der Waals surface area contributed by atoms with Crippen molar-refractivity contribution >= 4 is 22.1 Å². The minimum atomic E-state index is 0.162. The summed E-state index contributed by atoms with van der Waals surface area (Å²) in [4.78, 5) is 8.55. The van der Waals surface area contributed by atoms with Gasteiger partial charge in [-0.05, 0) is 32.1 Å². The van der Waals surface area contributed by atoms with Crippen LogP contribution in [0, 0.1) is 5.92 Å². The van der Waals surface area contributed by atoms with Crippen molar-refractivity contribution in [3.63, 3.8) is 0 Å². The third-order valence-electron chi connectivity index (χ3n) is 4.06. The van der Waals surface area contributed by atoms with Crippen molar-refractivity contribution in [3.05, 3.63) is 17.3 Å². The number of anilines is 1. The van der Waals surface area contributed by atoms with Gasteiger partial charge in [-0.3, -0.25) is 4.40 Å². The van der Waals surface area contributed by atoms with Gasteiger partial charge in [-0.25, -0.2) is 4.98 Å². The van der Waals surface area contributed by atoms with Gasteiger partial charge in [0.2, 0.25) is 0 Å². The maximum Gasteiger partial charge on any atom is 0.195 e. The van der Waals surface area contributed by atoms with Crippen molar-refractivity contribution < 1.29 is 0 Å². The summed E-state index contributed by atoms with van der Waals surface area (Å²) in [6.07, 6.45) is 6.85. The number of aromatic nitrogens is 2. The molecule has 2 heterocycles. The number of rotatable bonds is 7. The molecule has 0 amide bonds. The van der Waals surface area contributed by atoms with Crippen LogP contribution in [0.3, 0.4) is 0 Å². The first kappa shape index (κ1) is 14.9. The van der Waals surface area contributed by atoms with Crippen LogP contribution in [-0.2, 0) is 6.42 Å². The average Bonchev–Trinajstić information content (AvgIpc) is 3.04. The van der Waals surface area contributed by atoms with Gasteiger partial charge in [0.1, 0.15) is 0 Å². The summed E-state index contributed by atoms with van der Waals surface area (Å²) in [6, 6.07) is 0.856. The van der Waals surface area contributed by atoms with Gasteiger partial charge in [0.05, 0.1) is 5.69 Å². The molecule has 116 valence electrons. The topological polar surface area (TPSA) is 46.6 Å². The molecule has 1 fully saturated rings. The van der Waals surface area contributed by atoms with Crippen LogP contribution in [0.1, 0.15) is 45.7 Å². The Bertz CT molecular complexity index is 594. The molecule has 0 saturated heterocycles. The molecule has 1 atom stereocenters. The fourth-order valence-corrected chi connectivity index (χ4v) is 3.52. The van der Waals surface area contributed by atoms with Crippen molar-refractivity contribution in [2.24, 2.45) is 11.7 Å². The van der Waals surface area contributed by atoms with Gasteiger partial charge >= 0.3 is 0 Å². The first-order valence-electron chi connectivity index (χ1n) is 8.03. The van der Waals surface area contributed by atoms with Gasteiger partial charge in [-0.2, -0.15) is 0 Å². The molecular formula is C16H26N4S. The van der Waals surface area contributed by atoms with Crippen molar-refractivity contribution in [2.75, 3.05) is 11.4 Å². The van der Waals surface area contributed by atoms with Crippen molar-refractivity contribution in [1.82, 2.24) is 9.38 Å². The van der Waals surface area contributed by atoms with E-state index in [9.17, 15) is 0 Å². The summed E-state index contributed by atoms with van der Waals surface area (Å²) in [5, 5.41) is 2.10. The molecule has 2 aromatic heterocycles. The van der Waals surface area contributed by atoms with E-state index in [4.69, 9.17) is 10.7 Å². The van der Waals surface area contributed by atoms with E-state index in [0.717, 1.165) is 23.8 Å². The molecule has 2 N–H and O–H groups in total. The molecule has 1 unspecified atom stereocenters. The maximum absolute atomic E-state index is 6.07. The summed E-state index contributed by atoms with van der Waals surface area (Å²) in [5.74, 6) is 1.91. The Kier molecular flexibility index (Phi) is 4.22. The first-order chi connectivity index (χ1) is 10.1. The van der Waals surface area contributed by atoms with E-state index in [1.54, 1.807) is 11.3 Å². The van der Waals surface area contributed by atoms with E-state index in [-0.39, 0.29) is 6.04 Å². The minimum Gasteiger partial charge on any atom is -0.352 e. The molecular weight excluding hydrogens is 280 g/mol. The maximum atomic E-state index is 6.07. The second kappa shape index (κ2) is 5.97. The van der Waals surface area contributed by atoms with Gasteiger partial charge in [-0.1, -0.05) is 13.8 Å².